The van der Waals surface area contributed by atoms with Crippen LogP contribution in [-0.4, -0.2) is 11.3 Å². The summed E-state index contributed by atoms with van der Waals surface area (Å²) in [4.78, 5) is 0.643. The van der Waals surface area contributed by atoms with Gasteiger partial charge in [0.1, 0.15) is 5.75 Å². The molecule has 1 unspecified atom stereocenters. The fourth-order valence-corrected chi connectivity index (χ4v) is 3.42. The highest BCUT2D eigenvalue weighted by Gasteiger charge is 2.14. The van der Waals surface area contributed by atoms with Gasteiger partial charge in [-0.15, -0.1) is 0 Å². The lowest BCUT2D eigenvalue weighted by Gasteiger charge is -2.10. The molecule has 5 heteroatoms. The zero-order chi connectivity index (χ0) is 13.8. The van der Waals surface area contributed by atoms with Crippen LogP contribution < -0.4 is 10.5 Å². The van der Waals surface area contributed by atoms with Crippen molar-refractivity contribution in [3.8, 4) is 5.75 Å². The molecule has 0 aliphatic heterocycles. The molecule has 0 radical (unpaired) electrons. The summed E-state index contributed by atoms with van der Waals surface area (Å²) in [7, 11) is 0.300. The summed E-state index contributed by atoms with van der Waals surface area (Å²) in [5.74, 6) is 0.873. The van der Waals surface area contributed by atoms with E-state index < -0.39 is 10.8 Å². The Morgan fingerprint density at radius 1 is 1.21 bits per heavy atom. The molecule has 3 nitrogen and oxygen atoms in total. The lowest BCUT2D eigenvalue weighted by Crippen LogP contribution is -2.02. The molecule has 0 aliphatic carbocycles. The number of halogens is 1. The standard InChI is InChI=1S/C14H14ClNO2S/c1-18-13-7-2-3-8-14(13)19(17)9-10-11(15)5-4-6-12(10)16/h2-8H,9,16H2,1H3. The lowest BCUT2D eigenvalue weighted by molar-refractivity contribution is 0.404. The van der Waals surface area contributed by atoms with E-state index in [0.717, 1.165) is 0 Å². The molecule has 2 rings (SSSR count). The Bertz CT molecular complexity index is 596. The van der Waals surface area contributed by atoms with Crippen LogP contribution in [-0.2, 0) is 16.6 Å². The van der Waals surface area contributed by atoms with Crippen molar-refractivity contribution in [1.82, 2.24) is 0 Å². The van der Waals surface area contributed by atoms with E-state index in [1.807, 2.05) is 12.1 Å². The number of methoxy groups -OCH3 is 1. The Labute approximate surface area is 119 Å². The third-order valence-electron chi connectivity index (χ3n) is 2.74. The molecule has 0 amide bonds. The molecule has 2 N–H and O–H groups in total. The predicted molar refractivity (Wildman–Crippen MR) is 79.0 cm³/mol. The van der Waals surface area contributed by atoms with Crippen molar-refractivity contribution < 1.29 is 8.95 Å². The summed E-state index contributed by atoms with van der Waals surface area (Å²) in [6.07, 6.45) is 0. The van der Waals surface area contributed by atoms with Crippen LogP contribution in [0.3, 0.4) is 0 Å². The number of rotatable bonds is 4. The first kappa shape index (κ1) is 13.9. The molecule has 0 heterocycles. The minimum absolute atomic E-state index is 0.270. The van der Waals surface area contributed by atoms with E-state index in [1.54, 1.807) is 37.4 Å². The Morgan fingerprint density at radius 2 is 1.95 bits per heavy atom. The highest BCUT2D eigenvalue weighted by molar-refractivity contribution is 7.84. The summed E-state index contributed by atoms with van der Waals surface area (Å²) in [6.45, 7) is 0. The number of nitrogens with two attached hydrogens (primary N) is 1. The van der Waals surface area contributed by atoms with Gasteiger partial charge in [0.05, 0.1) is 28.6 Å². The topological polar surface area (TPSA) is 52.3 Å². The summed E-state index contributed by atoms with van der Waals surface area (Å²) in [6, 6.07) is 12.5. The van der Waals surface area contributed by atoms with E-state index in [4.69, 9.17) is 22.1 Å². The van der Waals surface area contributed by atoms with Crippen LogP contribution in [0.4, 0.5) is 5.69 Å². The van der Waals surface area contributed by atoms with Crippen LogP contribution in [0.5, 0.6) is 5.75 Å². The molecule has 0 bridgehead atoms. The quantitative estimate of drug-likeness (QED) is 0.881. The smallest absolute Gasteiger partial charge is 0.134 e. The van der Waals surface area contributed by atoms with Gasteiger partial charge in [-0.05, 0) is 24.3 Å². The van der Waals surface area contributed by atoms with Gasteiger partial charge < -0.3 is 10.5 Å². The molecule has 19 heavy (non-hydrogen) atoms. The van der Waals surface area contributed by atoms with Gasteiger partial charge in [0, 0.05) is 16.3 Å². The number of benzene rings is 2. The number of ether oxygens (including phenoxy) is 1. The van der Waals surface area contributed by atoms with E-state index in [9.17, 15) is 4.21 Å². The van der Waals surface area contributed by atoms with E-state index in [2.05, 4.69) is 0 Å². The second kappa shape index (κ2) is 6.08. The Kier molecular flexibility index (Phi) is 4.45. The molecule has 0 spiro atoms. The number of anilines is 1. The van der Waals surface area contributed by atoms with Crippen LogP contribution in [0.15, 0.2) is 47.4 Å². The van der Waals surface area contributed by atoms with Crippen molar-refractivity contribution in [2.24, 2.45) is 0 Å². The Hall–Kier alpha value is -1.52. The molecular formula is C14H14ClNO2S. The fraction of sp³-hybridized carbons (Fsp3) is 0.143. The van der Waals surface area contributed by atoms with Gasteiger partial charge in [-0.3, -0.25) is 4.21 Å². The predicted octanol–water partition coefficient (Wildman–Crippen LogP) is 3.24. The Balaban J connectivity index is 2.31. The largest absolute Gasteiger partial charge is 0.495 e. The van der Waals surface area contributed by atoms with Crippen LogP contribution in [0.2, 0.25) is 5.02 Å². The van der Waals surface area contributed by atoms with Crippen molar-refractivity contribution in [2.75, 3.05) is 12.8 Å². The van der Waals surface area contributed by atoms with Gasteiger partial charge in [0.15, 0.2) is 0 Å². The van der Waals surface area contributed by atoms with E-state index >= 15 is 0 Å². The average Bonchev–Trinajstić information content (AvgIpc) is 2.42. The minimum atomic E-state index is -1.26. The monoisotopic (exact) mass is 295 g/mol. The first-order chi connectivity index (χ1) is 9.13. The Morgan fingerprint density at radius 3 is 2.63 bits per heavy atom. The molecule has 100 valence electrons. The third-order valence-corrected chi connectivity index (χ3v) is 4.48. The molecule has 0 aliphatic rings. The average molecular weight is 296 g/mol. The lowest BCUT2D eigenvalue weighted by atomic mass is 10.2. The van der Waals surface area contributed by atoms with Gasteiger partial charge in [0.25, 0.3) is 0 Å². The van der Waals surface area contributed by atoms with Gasteiger partial charge >= 0.3 is 0 Å². The van der Waals surface area contributed by atoms with Crippen molar-refractivity contribution in [1.29, 1.82) is 0 Å². The minimum Gasteiger partial charge on any atom is -0.495 e. The highest BCUT2D eigenvalue weighted by atomic mass is 35.5. The summed E-state index contributed by atoms with van der Waals surface area (Å²) < 4.78 is 17.6. The van der Waals surface area contributed by atoms with Gasteiger partial charge in [-0.25, -0.2) is 0 Å². The maximum absolute atomic E-state index is 12.4. The SMILES string of the molecule is COc1ccccc1S(=O)Cc1c(N)cccc1Cl. The molecular weight excluding hydrogens is 282 g/mol. The molecule has 0 aromatic heterocycles. The first-order valence-electron chi connectivity index (χ1n) is 5.67. The molecule has 2 aromatic rings. The number of nitrogen functional groups attached to an aromatic ring is 1. The van der Waals surface area contributed by atoms with Crippen molar-refractivity contribution in [3.63, 3.8) is 0 Å². The zero-order valence-corrected chi connectivity index (χ0v) is 12.0. The van der Waals surface area contributed by atoms with Crippen molar-refractivity contribution in [2.45, 2.75) is 10.6 Å². The normalized spacial score (nSPS) is 12.1. The van der Waals surface area contributed by atoms with Crippen LogP contribution in [0, 0.1) is 0 Å². The number of hydrogen-bond acceptors (Lipinski definition) is 3. The molecule has 0 saturated carbocycles. The summed E-state index contributed by atoms with van der Waals surface area (Å²) >= 11 is 6.09. The summed E-state index contributed by atoms with van der Waals surface area (Å²) in [5, 5.41) is 0.531. The van der Waals surface area contributed by atoms with Gasteiger partial charge in [0.2, 0.25) is 0 Å². The second-order valence-corrected chi connectivity index (χ2v) is 5.78. The molecule has 0 fully saturated rings. The molecule has 2 aromatic carbocycles. The number of hydrogen-bond donors (Lipinski definition) is 1. The van der Waals surface area contributed by atoms with Crippen molar-refractivity contribution >= 4 is 28.1 Å². The third kappa shape index (κ3) is 3.08. The van der Waals surface area contributed by atoms with Crippen LogP contribution >= 0.6 is 11.6 Å². The molecule has 0 saturated heterocycles. The van der Waals surface area contributed by atoms with Crippen molar-refractivity contribution in [3.05, 3.63) is 53.1 Å². The maximum Gasteiger partial charge on any atom is 0.134 e. The maximum atomic E-state index is 12.4. The molecule has 1 atom stereocenters. The summed E-state index contributed by atoms with van der Waals surface area (Å²) in [5.41, 5.74) is 7.12. The van der Waals surface area contributed by atoms with E-state index in [1.165, 1.54) is 0 Å². The first-order valence-corrected chi connectivity index (χ1v) is 7.37. The number of para-hydroxylation sites is 1. The van der Waals surface area contributed by atoms with Gasteiger partial charge in [-0.1, -0.05) is 29.8 Å². The van der Waals surface area contributed by atoms with E-state index in [0.29, 0.717) is 26.9 Å². The van der Waals surface area contributed by atoms with Crippen LogP contribution in [0.25, 0.3) is 0 Å². The fourth-order valence-electron chi connectivity index (χ4n) is 1.74. The van der Waals surface area contributed by atoms with Crippen LogP contribution in [0.1, 0.15) is 5.56 Å². The second-order valence-electron chi connectivity index (χ2n) is 3.95. The highest BCUT2D eigenvalue weighted by Crippen LogP contribution is 2.28. The van der Waals surface area contributed by atoms with E-state index in [-0.39, 0.29) is 5.75 Å². The van der Waals surface area contributed by atoms with Gasteiger partial charge in [-0.2, -0.15) is 0 Å². The zero-order valence-electron chi connectivity index (χ0n) is 10.4.